The molecule has 1 unspecified atom stereocenters. The van der Waals surface area contributed by atoms with Crippen LogP contribution in [0.4, 0.5) is 4.39 Å². The second kappa shape index (κ2) is 2.71. The van der Waals surface area contributed by atoms with Gasteiger partial charge in [0.1, 0.15) is 0 Å². The Morgan fingerprint density at radius 1 is 1.83 bits per heavy atom. The molecule has 0 amide bonds. The van der Waals surface area contributed by atoms with E-state index in [1.807, 2.05) is 0 Å². The molecule has 0 aliphatic heterocycles. The monoisotopic (exact) mass is 85.0 g/mol. The first-order chi connectivity index (χ1) is 2.77. The third-order valence-electron chi connectivity index (χ3n) is 0.301. The van der Waals surface area contributed by atoms with Crippen molar-refractivity contribution in [1.29, 1.82) is 0 Å². The van der Waals surface area contributed by atoms with E-state index in [-0.39, 0.29) is 0 Å². The highest BCUT2D eigenvalue weighted by Crippen LogP contribution is 1.79. The van der Waals surface area contributed by atoms with Gasteiger partial charge in [0.05, 0.1) is 0 Å². The minimum atomic E-state index is -1.03. The molecule has 6 heavy (non-hydrogen) atoms. The summed E-state index contributed by atoms with van der Waals surface area (Å²) in [5, 5.41) is 0. The molecule has 0 N–H and O–H groups in total. The van der Waals surface area contributed by atoms with Crippen molar-refractivity contribution in [3.63, 3.8) is 0 Å². The van der Waals surface area contributed by atoms with Gasteiger partial charge in [0.2, 0.25) is 0 Å². The highest BCUT2D eigenvalue weighted by molar-refractivity contribution is 5.05. The van der Waals surface area contributed by atoms with Crippen LogP contribution in [-0.4, -0.2) is 6.17 Å². The Kier molecular flexibility index (Phi) is 2.48. The minimum Gasteiger partial charge on any atom is -0.234 e. The van der Waals surface area contributed by atoms with Crippen molar-refractivity contribution in [2.45, 2.75) is 13.1 Å². The molecule has 0 spiro atoms. The molecule has 1 radical (unpaired) electrons. The molecule has 0 nitrogen and oxygen atoms in total. The largest absolute Gasteiger partial charge is 0.234 e. The predicted molar refractivity (Wildman–Crippen MR) is 23.7 cm³/mol. The van der Waals surface area contributed by atoms with Crippen LogP contribution < -0.4 is 0 Å². The summed E-state index contributed by atoms with van der Waals surface area (Å²) in [5.41, 5.74) is 0. The van der Waals surface area contributed by atoms with E-state index < -0.39 is 6.17 Å². The molecule has 0 aromatic rings. The van der Waals surface area contributed by atoms with Crippen molar-refractivity contribution in [2.75, 3.05) is 0 Å². The first-order valence-electron chi connectivity index (χ1n) is 1.69. The standard InChI is InChI=1S/C5H6F/c1-3-4-5(2)6/h5H,1H2,2H3. The van der Waals surface area contributed by atoms with Gasteiger partial charge in [-0.1, -0.05) is 11.8 Å². The number of alkyl halides is 1. The van der Waals surface area contributed by atoms with Crippen LogP contribution in [-0.2, 0) is 0 Å². The van der Waals surface area contributed by atoms with E-state index in [9.17, 15) is 4.39 Å². The summed E-state index contributed by atoms with van der Waals surface area (Å²) in [4.78, 5) is 0. The Hall–Kier alpha value is -0.510. The van der Waals surface area contributed by atoms with E-state index in [4.69, 9.17) is 0 Å². The van der Waals surface area contributed by atoms with Crippen molar-refractivity contribution in [1.82, 2.24) is 0 Å². The topological polar surface area (TPSA) is 0 Å². The predicted octanol–water partition coefficient (Wildman–Crippen LogP) is 1.18. The minimum absolute atomic E-state index is 1.03. The maximum absolute atomic E-state index is 11.5. The maximum atomic E-state index is 11.5. The molecule has 0 aliphatic carbocycles. The Morgan fingerprint density at radius 2 is 2.33 bits per heavy atom. The van der Waals surface area contributed by atoms with Gasteiger partial charge in [0, 0.05) is 6.92 Å². The normalized spacial score (nSPS) is 11.8. The molecule has 1 heteroatoms. The summed E-state index contributed by atoms with van der Waals surface area (Å²) in [6, 6.07) is 0. The number of hydrogen-bond acceptors (Lipinski definition) is 0. The van der Waals surface area contributed by atoms with Gasteiger partial charge in [-0.15, -0.1) is 0 Å². The fraction of sp³-hybridized carbons (Fsp3) is 0.400. The van der Waals surface area contributed by atoms with Crippen LogP contribution in [0.1, 0.15) is 6.92 Å². The molecule has 0 bridgehead atoms. The number of halogens is 1. The summed E-state index contributed by atoms with van der Waals surface area (Å²) < 4.78 is 11.5. The van der Waals surface area contributed by atoms with Gasteiger partial charge in [-0.2, -0.15) is 0 Å². The zero-order valence-corrected chi connectivity index (χ0v) is 3.66. The van der Waals surface area contributed by atoms with Gasteiger partial charge in [-0.25, -0.2) is 4.39 Å². The molecule has 0 fully saturated rings. The first kappa shape index (κ1) is 5.49. The maximum Gasteiger partial charge on any atom is 0.157 e. The Bertz CT molecular complexity index is 73.7. The lowest BCUT2D eigenvalue weighted by Crippen LogP contribution is -1.81. The summed E-state index contributed by atoms with van der Waals surface area (Å²) in [6.45, 7) is 4.50. The van der Waals surface area contributed by atoms with Gasteiger partial charge in [0.15, 0.2) is 6.17 Å². The highest BCUT2D eigenvalue weighted by atomic mass is 19.1. The Morgan fingerprint density at radius 3 is 2.33 bits per heavy atom. The van der Waals surface area contributed by atoms with Crippen LogP contribution in [0, 0.1) is 18.8 Å². The molecule has 0 saturated carbocycles. The molecular weight excluding hydrogens is 79.1 g/mol. The van der Waals surface area contributed by atoms with Crippen LogP contribution in [0.3, 0.4) is 0 Å². The average molecular weight is 85.1 g/mol. The van der Waals surface area contributed by atoms with Gasteiger partial charge >= 0.3 is 0 Å². The van der Waals surface area contributed by atoms with E-state index in [0.717, 1.165) is 0 Å². The summed E-state index contributed by atoms with van der Waals surface area (Å²) in [7, 11) is 0. The Balaban J connectivity index is 3.20. The van der Waals surface area contributed by atoms with E-state index in [1.165, 1.54) is 6.92 Å². The molecule has 33 valence electrons. The lowest BCUT2D eigenvalue weighted by Gasteiger charge is -1.77. The first-order valence-corrected chi connectivity index (χ1v) is 1.69. The van der Waals surface area contributed by atoms with Gasteiger partial charge in [-0.05, 0) is 6.92 Å². The van der Waals surface area contributed by atoms with E-state index >= 15 is 0 Å². The fourth-order valence-corrected chi connectivity index (χ4v) is 0.141. The molecule has 0 rings (SSSR count). The van der Waals surface area contributed by atoms with Crippen LogP contribution in [0.5, 0.6) is 0 Å². The average Bonchev–Trinajstić information content (AvgIpc) is 1.35. The summed E-state index contributed by atoms with van der Waals surface area (Å²) >= 11 is 0. The lowest BCUT2D eigenvalue weighted by molar-refractivity contribution is 0.443. The van der Waals surface area contributed by atoms with Crippen LogP contribution >= 0.6 is 0 Å². The third kappa shape index (κ3) is 3.49. The molecule has 0 saturated heterocycles. The van der Waals surface area contributed by atoms with Gasteiger partial charge in [-0.3, -0.25) is 0 Å². The van der Waals surface area contributed by atoms with Crippen molar-refractivity contribution in [3.8, 4) is 11.8 Å². The van der Waals surface area contributed by atoms with Crippen LogP contribution in [0.15, 0.2) is 0 Å². The zero-order chi connectivity index (χ0) is 4.99. The van der Waals surface area contributed by atoms with E-state index in [1.54, 1.807) is 0 Å². The second-order valence-corrected chi connectivity index (χ2v) is 0.937. The molecule has 0 aromatic heterocycles. The zero-order valence-electron chi connectivity index (χ0n) is 3.66. The molecule has 0 heterocycles. The van der Waals surface area contributed by atoms with Gasteiger partial charge in [0.25, 0.3) is 0 Å². The van der Waals surface area contributed by atoms with E-state index in [0.29, 0.717) is 0 Å². The number of hydrogen-bond donors (Lipinski definition) is 0. The van der Waals surface area contributed by atoms with E-state index in [2.05, 4.69) is 18.8 Å². The summed E-state index contributed by atoms with van der Waals surface area (Å²) in [6.07, 6.45) is -1.03. The van der Waals surface area contributed by atoms with Crippen LogP contribution in [0.25, 0.3) is 0 Å². The van der Waals surface area contributed by atoms with Crippen molar-refractivity contribution >= 4 is 0 Å². The quantitative estimate of drug-likeness (QED) is 0.387. The van der Waals surface area contributed by atoms with Gasteiger partial charge < -0.3 is 0 Å². The molecular formula is C5H6F. The third-order valence-corrected chi connectivity index (χ3v) is 0.301. The second-order valence-electron chi connectivity index (χ2n) is 0.937. The van der Waals surface area contributed by atoms with Crippen molar-refractivity contribution in [2.24, 2.45) is 0 Å². The van der Waals surface area contributed by atoms with Crippen molar-refractivity contribution in [3.05, 3.63) is 6.92 Å². The van der Waals surface area contributed by atoms with Crippen molar-refractivity contribution < 1.29 is 4.39 Å². The smallest absolute Gasteiger partial charge is 0.157 e. The number of rotatable bonds is 0. The highest BCUT2D eigenvalue weighted by Gasteiger charge is 1.81. The SMILES string of the molecule is [CH2]C#CC(C)F. The summed E-state index contributed by atoms with van der Waals surface area (Å²) in [5.74, 6) is 4.37. The molecule has 0 aliphatic rings. The molecule has 1 atom stereocenters. The van der Waals surface area contributed by atoms with Crippen LogP contribution in [0.2, 0.25) is 0 Å². The molecule has 0 aromatic carbocycles. The Labute approximate surface area is 37.4 Å². The fourth-order valence-electron chi connectivity index (χ4n) is 0.141. The lowest BCUT2D eigenvalue weighted by atomic mass is 10.4.